The van der Waals surface area contributed by atoms with Crippen molar-refractivity contribution in [3.63, 3.8) is 0 Å². The Morgan fingerprint density at radius 1 is 1.69 bits per heavy atom. The van der Waals surface area contributed by atoms with E-state index in [2.05, 4.69) is 5.32 Å². The van der Waals surface area contributed by atoms with Crippen LogP contribution >= 0.6 is 21.6 Å². The molecule has 1 fully saturated rings. The summed E-state index contributed by atoms with van der Waals surface area (Å²) in [6, 6.07) is -0.758. The predicted molar refractivity (Wildman–Crippen MR) is 53.7 cm³/mol. The van der Waals surface area contributed by atoms with Gasteiger partial charge in [-0.25, -0.2) is 4.79 Å². The molecule has 0 aromatic rings. The molecule has 2 N–H and O–H groups in total. The summed E-state index contributed by atoms with van der Waals surface area (Å²) in [4.78, 5) is 22.1. The molecule has 0 radical (unpaired) electrons. The lowest BCUT2D eigenvalue weighted by Gasteiger charge is -2.18. The van der Waals surface area contributed by atoms with E-state index in [1.54, 1.807) is 13.8 Å². The van der Waals surface area contributed by atoms with Crippen LogP contribution in [0.1, 0.15) is 13.8 Å². The number of nitrogens with one attached hydrogen (secondary N) is 1. The summed E-state index contributed by atoms with van der Waals surface area (Å²) in [6.07, 6.45) is 0. The van der Waals surface area contributed by atoms with Gasteiger partial charge in [-0.05, 0) is 13.8 Å². The Morgan fingerprint density at radius 2 is 2.31 bits per heavy atom. The average molecular weight is 221 g/mol. The summed E-state index contributed by atoms with van der Waals surface area (Å²) < 4.78 is -0.547. The zero-order valence-corrected chi connectivity index (χ0v) is 9.00. The van der Waals surface area contributed by atoms with Gasteiger partial charge in [0.1, 0.15) is 6.04 Å². The molecular weight excluding hydrogens is 210 g/mol. The fraction of sp³-hybridized carbons (Fsp3) is 0.714. The number of amides is 1. The average Bonchev–Trinajstić information content (AvgIpc) is 2.12. The number of rotatable bonds is 1. The molecular formula is C7H11NO3S2. The first kappa shape index (κ1) is 10.7. The van der Waals surface area contributed by atoms with Crippen LogP contribution in [-0.2, 0) is 9.59 Å². The molecule has 0 aromatic carbocycles. The summed E-state index contributed by atoms with van der Waals surface area (Å²) in [5, 5.41) is 11.2. The van der Waals surface area contributed by atoms with E-state index >= 15 is 0 Å². The minimum Gasteiger partial charge on any atom is -0.480 e. The van der Waals surface area contributed by atoms with Crippen molar-refractivity contribution in [3.05, 3.63) is 0 Å². The van der Waals surface area contributed by atoms with E-state index in [9.17, 15) is 9.59 Å². The smallest absolute Gasteiger partial charge is 0.327 e. The maximum Gasteiger partial charge on any atom is 0.327 e. The number of carboxylic acid groups (broad SMARTS) is 1. The maximum atomic E-state index is 11.4. The van der Waals surface area contributed by atoms with Crippen LogP contribution in [0.5, 0.6) is 0 Å². The molecule has 13 heavy (non-hydrogen) atoms. The van der Waals surface area contributed by atoms with E-state index in [-0.39, 0.29) is 5.91 Å². The van der Waals surface area contributed by atoms with Crippen LogP contribution in [0.2, 0.25) is 0 Å². The highest BCUT2D eigenvalue weighted by molar-refractivity contribution is 8.77. The first-order chi connectivity index (χ1) is 5.93. The standard InChI is InChI=1S/C7H11NO3S2/c1-7(2)6(11)8-4(5(9)10)3-12-13-7/h4H,3H2,1-2H3,(H,8,11)(H,9,10). The van der Waals surface area contributed by atoms with Crippen molar-refractivity contribution < 1.29 is 14.7 Å². The lowest BCUT2D eigenvalue weighted by molar-refractivity contribution is -0.141. The topological polar surface area (TPSA) is 66.4 Å². The van der Waals surface area contributed by atoms with Gasteiger partial charge in [-0.2, -0.15) is 0 Å². The van der Waals surface area contributed by atoms with E-state index in [4.69, 9.17) is 5.11 Å². The number of carbonyl (C=O) groups is 2. The van der Waals surface area contributed by atoms with E-state index < -0.39 is 16.8 Å². The van der Waals surface area contributed by atoms with Crippen LogP contribution in [0, 0.1) is 0 Å². The van der Waals surface area contributed by atoms with E-state index in [1.807, 2.05) is 0 Å². The third kappa shape index (κ3) is 2.54. The van der Waals surface area contributed by atoms with Crippen LogP contribution in [0.3, 0.4) is 0 Å². The van der Waals surface area contributed by atoms with Crippen molar-refractivity contribution in [2.45, 2.75) is 24.6 Å². The van der Waals surface area contributed by atoms with Gasteiger partial charge in [-0.15, -0.1) is 0 Å². The molecule has 6 heteroatoms. The highest BCUT2D eigenvalue weighted by atomic mass is 33.1. The number of hydrogen-bond donors (Lipinski definition) is 2. The maximum absolute atomic E-state index is 11.4. The quantitative estimate of drug-likeness (QED) is 0.639. The van der Waals surface area contributed by atoms with Crippen molar-refractivity contribution in [3.8, 4) is 0 Å². The minimum atomic E-state index is -0.973. The van der Waals surface area contributed by atoms with Gasteiger partial charge in [0.25, 0.3) is 0 Å². The highest BCUT2D eigenvalue weighted by Gasteiger charge is 2.35. The number of aliphatic carboxylic acids is 1. The zero-order valence-electron chi connectivity index (χ0n) is 7.36. The summed E-state index contributed by atoms with van der Waals surface area (Å²) in [5.41, 5.74) is 0. The Labute approximate surface area is 84.2 Å². The number of carbonyl (C=O) groups excluding carboxylic acids is 1. The molecule has 1 saturated heterocycles. The normalized spacial score (nSPS) is 27.5. The molecule has 1 amide bonds. The molecule has 4 nitrogen and oxygen atoms in total. The van der Waals surface area contributed by atoms with Crippen molar-refractivity contribution in [2.24, 2.45) is 0 Å². The van der Waals surface area contributed by atoms with Crippen LogP contribution in [0.15, 0.2) is 0 Å². The van der Waals surface area contributed by atoms with Crippen molar-refractivity contribution in [1.29, 1.82) is 0 Å². The largest absolute Gasteiger partial charge is 0.480 e. The summed E-state index contributed by atoms with van der Waals surface area (Å²) >= 11 is 0. The second-order valence-electron chi connectivity index (χ2n) is 3.24. The first-order valence-corrected chi connectivity index (χ1v) is 6.10. The Hall–Kier alpha value is -0.360. The second-order valence-corrected chi connectivity index (χ2v) is 6.21. The second kappa shape index (κ2) is 3.79. The van der Waals surface area contributed by atoms with Gasteiger partial charge in [0.15, 0.2) is 0 Å². The van der Waals surface area contributed by atoms with Gasteiger partial charge in [0.05, 0.1) is 4.75 Å². The Morgan fingerprint density at radius 3 is 2.85 bits per heavy atom. The van der Waals surface area contributed by atoms with E-state index in [0.29, 0.717) is 5.75 Å². The molecule has 1 heterocycles. The summed E-state index contributed by atoms with van der Waals surface area (Å²) in [6.45, 7) is 3.56. The van der Waals surface area contributed by atoms with Gasteiger partial charge in [-0.1, -0.05) is 21.6 Å². The monoisotopic (exact) mass is 221 g/mol. The molecule has 0 aromatic heterocycles. The molecule has 74 valence electrons. The number of hydrogen-bond acceptors (Lipinski definition) is 4. The Bertz CT molecular complexity index is 242. The SMILES string of the molecule is CC1(C)SSCC(C(=O)O)NC1=O. The molecule has 1 unspecified atom stereocenters. The molecule has 0 spiro atoms. The van der Waals surface area contributed by atoms with Gasteiger partial charge < -0.3 is 10.4 Å². The van der Waals surface area contributed by atoms with Gasteiger partial charge in [0.2, 0.25) is 5.91 Å². The molecule has 0 aliphatic carbocycles. The zero-order chi connectivity index (χ0) is 10.1. The summed E-state index contributed by atoms with van der Waals surface area (Å²) in [5.74, 6) is -0.774. The van der Waals surface area contributed by atoms with Crippen LogP contribution in [0.4, 0.5) is 0 Å². The third-order valence-corrected chi connectivity index (χ3v) is 4.85. The van der Waals surface area contributed by atoms with Crippen LogP contribution in [-0.4, -0.2) is 33.5 Å². The molecule has 0 saturated carbocycles. The van der Waals surface area contributed by atoms with Gasteiger partial charge >= 0.3 is 5.97 Å². The third-order valence-electron chi connectivity index (χ3n) is 1.65. The Kier molecular flexibility index (Phi) is 3.13. The van der Waals surface area contributed by atoms with Crippen molar-refractivity contribution >= 4 is 33.5 Å². The predicted octanol–water partition coefficient (Wildman–Crippen LogP) is 0.729. The van der Waals surface area contributed by atoms with E-state index in [1.165, 1.54) is 21.6 Å². The lowest BCUT2D eigenvalue weighted by atomic mass is 10.2. The molecule has 1 atom stereocenters. The molecule has 1 rings (SSSR count). The van der Waals surface area contributed by atoms with E-state index in [0.717, 1.165) is 0 Å². The van der Waals surface area contributed by atoms with Crippen LogP contribution in [0.25, 0.3) is 0 Å². The van der Waals surface area contributed by atoms with Crippen molar-refractivity contribution in [1.82, 2.24) is 5.32 Å². The molecule has 0 bridgehead atoms. The minimum absolute atomic E-state index is 0.213. The molecule has 1 aliphatic heterocycles. The van der Waals surface area contributed by atoms with Crippen LogP contribution < -0.4 is 5.32 Å². The fourth-order valence-electron chi connectivity index (χ4n) is 0.794. The van der Waals surface area contributed by atoms with Crippen molar-refractivity contribution in [2.75, 3.05) is 5.75 Å². The fourth-order valence-corrected chi connectivity index (χ4v) is 3.38. The van der Waals surface area contributed by atoms with Gasteiger partial charge in [0, 0.05) is 5.75 Å². The number of carboxylic acids is 1. The molecule has 1 aliphatic rings. The first-order valence-electron chi connectivity index (χ1n) is 3.78. The Balaban J connectivity index is 2.72. The van der Waals surface area contributed by atoms with Gasteiger partial charge in [-0.3, -0.25) is 4.79 Å². The highest BCUT2D eigenvalue weighted by Crippen LogP contribution is 2.38. The lowest BCUT2D eigenvalue weighted by Crippen LogP contribution is -2.47. The summed E-state index contributed by atoms with van der Waals surface area (Å²) in [7, 11) is 2.83.